The Morgan fingerprint density at radius 2 is 2.28 bits per heavy atom. The fourth-order valence-electron chi connectivity index (χ4n) is 1.40. The van der Waals surface area contributed by atoms with E-state index in [4.69, 9.17) is 10.5 Å². The molecular formula is C11H16N6O. The number of imidazole rings is 1. The molecule has 0 spiro atoms. The van der Waals surface area contributed by atoms with Gasteiger partial charge >= 0.3 is 0 Å². The fourth-order valence-corrected chi connectivity index (χ4v) is 1.40. The Morgan fingerprint density at radius 3 is 3.00 bits per heavy atom. The second-order valence-electron chi connectivity index (χ2n) is 3.68. The summed E-state index contributed by atoms with van der Waals surface area (Å²) in [4.78, 5) is 15.2. The van der Waals surface area contributed by atoms with Crippen molar-refractivity contribution in [2.75, 3.05) is 17.7 Å². The van der Waals surface area contributed by atoms with Gasteiger partial charge in [0.05, 0.1) is 13.2 Å². The molecule has 2 rings (SSSR count). The van der Waals surface area contributed by atoms with E-state index in [1.807, 2.05) is 6.92 Å². The Hall–Kier alpha value is -2.31. The van der Waals surface area contributed by atoms with Crippen LogP contribution in [0.25, 0.3) is 0 Å². The smallest absolute Gasteiger partial charge is 0.242 e. The van der Waals surface area contributed by atoms with E-state index in [-0.39, 0.29) is 0 Å². The maximum atomic E-state index is 5.92. The Labute approximate surface area is 105 Å². The largest absolute Gasteiger partial charge is 0.476 e. The summed E-state index contributed by atoms with van der Waals surface area (Å²) in [5.74, 6) is 1.77. The Bertz CT molecular complexity index is 484. The van der Waals surface area contributed by atoms with Crippen LogP contribution in [0, 0.1) is 0 Å². The van der Waals surface area contributed by atoms with Crippen LogP contribution in [0.2, 0.25) is 0 Å². The lowest BCUT2D eigenvalue weighted by molar-refractivity contribution is 0.306. The summed E-state index contributed by atoms with van der Waals surface area (Å²) in [5, 5.41) is 3.08. The van der Waals surface area contributed by atoms with Crippen LogP contribution < -0.4 is 15.8 Å². The van der Waals surface area contributed by atoms with Gasteiger partial charge in [0.15, 0.2) is 5.82 Å². The highest BCUT2D eigenvalue weighted by atomic mass is 16.5. The normalized spacial score (nSPS) is 10.3. The predicted molar refractivity (Wildman–Crippen MR) is 68.1 cm³/mol. The molecule has 96 valence electrons. The third kappa shape index (κ3) is 2.88. The van der Waals surface area contributed by atoms with Crippen LogP contribution in [-0.2, 0) is 6.54 Å². The van der Waals surface area contributed by atoms with Crippen LogP contribution in [-0.4, -0.2) is 26.5 Å². The van der Waals surface area contributed by atoms with Gasteiger partial charge in [-0.2, -0.15) is 4.98 Å². The molecule has 2 heterocycles. The molecule has 0 saturated carbocycles. The van der Waals surface area contributed by atoms with E-state index in [1.165, 1.54) is 6.33 Å². The van der Waals surface area contributed by atoms with E-state index in [2.05, 4.69) is 25.3 Å². The van der Waals surface area contributed by atoms with Crippen LogP contribution in [0.5, 0.6) is 5.88 Å². The molecule has 0 bridgehead atoms. The van der Waals surface area contributed by atoms with E-state index in [0.29, 0.717) is 30.5 Å². The van der Waals surface area contributed by atoms with E-state index in [9.17, 15) is 0 Å². The van der Waals surface area contributed by atoms with Gasteiger partial charge in [-0.15, -0.1) is 0 Å². The van der Waals surface area contributed by atoms with Crippen molar-refractivity contribution in [3.63, 3.8) is 0 Å². The SMILES string of the molecule is CCCOc1ncnc(NCc2ncc[nH]2)c1N. The summed E-state index contributed by atoms with van der Waals surface area (Å²) in [6.07, 6.45) is 5.77. The number of nitrogens with zero attached hydrogens (tertiary/aromatic N) is 3. The lowest BCUT2D eigenvalue weighted by atomic mass is 10.4. The molecule has 0 amide bonds. The van der Waals surface area contributed by atoms with Gasteiger partial charge in [0.2, 0.25) is 5.88 Å². The number of ether oxygens (including phenoxy) is 1. The molecule has 0 aliphatic carbocycles. The number of aromatic amines is 1. The molecule has 2 aromatic rings. The molecule has 0 aliphatic rings. The van der Waals surface area contributed by atoms with E-state index >= 15 is 0 Å². The standard InChI is InChI=1S/C11H16N6O/c1-2-5-18-11-9(12)10(16-7-17-11)15-6-8-13-3-4-14-8/h3-4,7H,2,5-6,12H2,1H3,(H,13,14)(H,15,16,17). The second kappa shape index (κ2) is 5.85. The topological polar surface area (TPSA) is 102 Å². The van der Waals surface area contributed by atoms with Crippen molar-refractivity contribution in [2.45, 2.75) is 19.9 Å². The third-order valence-corrected chi connectivity index (χ3v) is 2.27. The zero-order chi connectivity index (χ0) is 12.8. The van der Waals surface area contributed by atoms with Crippen LogP contribution in [0.1, 0.15) is 19.2 Å². The third-order valence-electron chi connectivity index (χ3n) is 2.27. The van der Waals surface area contributed by atoms with Crippen molar-refractivity contribution >= 4 is 11.5 Å². The van der Waals surface area contributed by atoms with Gasteiger partial charge in [0.1, 0.15) is 17.8 Å². The molecule has 7 nitrogen and oxygen atoms in total. The molecule has 4 N–H and O–H groups in total. The minimum absolute atomic E-state index is 0.411. The maximum Gasteiger partial charge on any atom is 0.242 e. The van der Waals surface area contributed by atoms with Crippen molar-refractivity contribution in [1.82, 2.24) is 19.9 Å². The first kappa shape index (κ1) is 12.2. The minimum Gasteiger partial charge on any atom is -0.476 e. The van der Waals surface area contributed by atoms with Crippen LogP contribution in [0.3, 0.4) is 0 Å². The summed E-state index contributed by atoms with van der Waals surface area (Å²) < 4.78 is 5.42. The number of nitrogen functional groups attached to an aromatic ring is 1. The number of anilines is 2. The number of aromatic nitrogens is 4. The molecule has 7 heteroatoms. The molecule has 0 saturated heterocycles. The molecule has 2 aromatic heterocycles. The lowest BCUT2D eigenvalue weighted by Gasteiger charge is -2.10. The van der Waals surface area contributed by atoms with Gasteiger partial charge < -0.3 is 20.8 Å². The highest BCUT2D eigenvalue weighted by molar-refractivity contribution is 5.66. The summed E-state index contributed by atoms with van der Waals surface area (Å²) in [5.41, 5.74) is 6.33. The first-order chi connectivity index (χ1) is 8.81. The molecule has 18 heavy (non-hydrogen) atoms. The summed E-state index contributed by atoms with van der Waals surface area (Å²) in [6, 6.07) is 0. The Morgan fingerprint density at radius 1 is 1.39 bits per heavy atom. The Balaban J connectivity index is 2.03. The molecule has 0 aromatic carbocycles. The molecule has 0 atom stereocenters. The van der Waals surface area contributed by atoms with Gasteiger partial charge in [0, 0.05) is 12.4 Å². The van der Waals surface area contributed by atoms with Crippen LogP contribution in [0.4, 0.5) is 11.5 Å². The van der Waals surface area contributed by atoms with E-state index in [1.54, 1.807) is 12.4 Å². The van der Waals surface area contributed by atoms with Crippen molar-refractivity contribution in [3.8, 4) is 5.88 Å². The number of nitrogens with one attached hydrogen (secondary N) is 2. The number of hydrogen-bond acceptors (Lipinski definition) is 6. The quantitative estimate of drug-likeness (QED) is 0.709. The number of rotatable bonds is 6. The minimum atomic E-state index is 0.411. The van der Waals surface area contributed by atoms with Crippen molar-refractivity contribution in [2.24, 2.45) is 0 Å². The molecule has 0 fully saturated rings. The monoisotopic (exact) mass is 248 g/mol. The summed E-state index contributed by atoms with van der Waals surface area (Å²) in [7, 11) is 0. The van der Waals surface area contributed by atoms with Crippen LogP contribution >= 0.6 is 0 Å². The first-order valence-corrected chi connectivity index (χ1v) is 5.76. The first-order valence-electron chi connectivity index (χ1n) is 5.76. The number of H-pyrrole nitrogens is 1. The van der Waals surface area contributed by atoms with Crippen molar-refractivity contribution in [1.29, 1.82) is 0 Å². The highest BCUT2D eigenvalue weighted by Crippen LogP contribution is 2.24. The molecule has 0 unspecified atom stereocenters. The van der Waals surface area contributed by atoms with E-state index in [0.717, 1.165) is 12.2 Å². The molecule has 0 aliphatic heterocycles. The van der Waals surface area contributed by atoms with Gasteiger partial charge in [-0.1, -0.05) is 6.92 Å². The molecular weight excluding hydrogens is 232 g/mol. The maximum absolute atomic E-state index is 5.92. The number of hydrogen-bond donors (Lipinski definition) is 3. The second-order valence-corrected chi connectivity index (χ2v) is 3.68. The average molecular weight is 248 g/mol. The summed E-state index contributed by atoms with van der Waals surface area (Å²) in [6.45, 7) is 3.12. The summed E-state index contributed by atoms with van der Waals surface area (Å²) >= 11 is 0. The zero-order valence-electron chi connectivity index (χ0n) is 10.2. The van der Waals surface area contributed by atoms with Gasteiger partial charge in [0.25, 0.3) is 0 Å². The fraction of sp³-hybridized carbons (Fsp3) is 0.364. The van der Waals surface area contributed by atoms with E-state index < -0.39 is 0 Å². The number of nitrogens with two attached hydrogens (primary N) is 1. The molecule has 0 radical (unpaired) electrons. The van der Waals surface area contributed by atoms with Crippen LogP contribution in [0.15, 0.2) is 18.7 Å². The predicted octanol–water partition coefficient (Wildman–Crippen LogP) is 1.18. The highest BCUT2D eigenvalue weighted by Gasteiger charge is 2.09. The van der Waals surface area contributed by atoms with Crippen molar-refractivity contribution < 1.29 is 4.74 Å². The van der Waals surface area contributed by atoms with Crippen molar-refractivity contribution in [3.05, 3.63) is 24.5 Å². The Kier molecular flexibility index (Phi) is 3.95. The van der Waals surface area contributed by atoms with Gasteiger partial charge in [-0.3, -0.25) is 0 Å². The van der Waals surface area contributed by atoms with Gasteiger partial charge in [-0.05, 0) is 6.42 Å². The average Bonchev–Trinajstić information content (AvgIpc) is 2.89. The lowest BCUT2D eigenvalue weighted by Crippen LogP contribution is -2.09. The zero-order valence-corrected chi connectivity index (χ0v) is 10.2. The van der Waals surface area contributed by atoms with Gasteiger partial charge in [-0.25, -0.2) is 9.97 Å².